The first-order valence-electron chi connectivity index (χ1n) is 6.48. The van der Waals surface area contributed by atoms with Crippen LogP contribution in [0.4, 0.5) is 4.39 Å². The Morgan fingerprint density at radius 1 is 1.35 bits per heavy atom. The van der Waals surface area contributed by atoms with E-state index in [-0.39, 0.29) is 28.5 Å². The van der Waals surface area contributed by atoms with Gasteiger partial charge in [0, 0.05) is 25.2 Å². The Morgan fingerprint density at radius 2 is 1.90 bits per heavy atom. The van der Waals surface area contributed by atoms with Gasteiger partial charge in [-0.3, -0.25) is 0 Å². The molecule has 2 N–H and O–H groups in total. The molecular formula is C14H23FN2O2S. The van der Waals surface area contributed by atoms with E-state index in [1.165, 1.54) is 23.5 Å². The van der Waals surface area contributed by atoms with E-state index < -0.39 is 15.8 Å². The third-order valence-electron chi connectivity index (χ3n) is 3.71. The fraction of sp³-hybridized carbons (Fsp3) is 0.571. The van der Waals surface area contributed by atoms with Gasteiger partial charge >= 0.3 is 0 Å². The largest absolute Gasteiger partial charge is 0.326 e. The van der Waals surface area contributed by atoms with E-state index in [0.717, 1.165) is 6.07 Å². The van der Waals surface area contributed by atoms with Crippen LogP contribution >= 0.6 is 0 Å². The molecule has 1 aromatic rings. The first-order chi connectivity index (χ1) is 9.01. The van der Waals surface area contributed by atoms with Crippen LogP contribution in [0.2, 0.25) is 0 Å². The van der Waals surface area contributed by atoms with E-state index in [1.54, 1.807) is 0 Å². The van der Waals surface area contributed by atoms with Crippen molar-refractivity contribution in [2.75, 3.05) is 7.05 Å². The molecule has 0 fully saturated rings. The van der Waals surface area contributed by atoms with Gasteiger partial charge in [-0.05, 0) is 30.5 Å². The van der Waals surface area contributed by atoms with Gasteiger partial charge in [-0.2, -0.15) is 4.31 Å². The number of sulfonamides is 1. The third kappa shape index (κ3) is 3.37. The van der Waals surface area contributed by atoms with Crippen molar-refractivity contribution in [3.63, 3.8) is 0 Å². The Morgan fingerprint density at radius 3 is 2.35 bits per heavy atom. The van der Waals surface area contributed by atoms with Crippen molar-refractivity contribution < 1.29 is 12.8 Å². The Kier molecular flexibility index (Phi) is 4.94. The average Bonchev–Trinajstić information content (AvgIpc) is 2.36. The monoisotopic (exact) mass is 302 g/mol. The van der Waals surface area contributed by atoms with Crippen LogP contribution in [0.15, 0.2) is 23.1 Å². The van der Waals surface area contributed by atoms with Crippen LogP contribution in [0.5, 0.6) is 0 Å². The zero-order valence-corrected chi connectivity index (χ0v) is 13.5. The zero-order chi connectivity index (χ0) is 15.7. The summed E-state index contributed by atoms with van der Waals surface area (Å²) in [7, 11) is -2.12. The molecule has 6 heteroatoms. The second-order valence-electron chi connectivity index (χ2n) is 6.02. The van der Waals surface area contributed by atoms with Gasteiger partial charge in [0.15, 0.2) is 0 Å². The third-order valence-corrected chi connectivity index (χ3v) is 5.64. The molecule has 0 aliphatic carbocycles. The number of rotatable bonds is 4. The molecule has 1 atom stereocenters. The molecule has 0 aliphatic heterocycles. The summed E-state index contributed by atoms with van der Waals surface area (Å²) in [5.74, 6) is -0.488. The number of halogens is 1. The summed E-state index contributed by atoms with van der Waals surface area (Å²) in [6.07, 6.45) is 0. The van der Waals surface area contributed by atoms with Gasteiger partial charge in [0.05, 0.1) is 4.90 Å². The van der Waals surface area contributed by atoms with Gasteiger partial charge in [0.2, 0.25) is 10.0 Å². The van der Waals surface area contributed by atoms with Gasteiger partial charge in [-0.25, -0.2) is 12.8 Å². The highest BCUT2D eigenvalue weighted by Gasteiger charge is 2.32. The lowest BCUT2D eigenvalue weighted by molar-refractivity contribution is 0.216. The summed E-state index contributed by atoms with van der Waals surface area (Å²) in [5, 5.41) is 0. The number of nitrogens with two attached hydrogens (primary N) is 1. The van der Waals surface area contributed by atoms with Crippen molar-refractivity contribution in [3.8, 4) is 0 Å². The summed E-state index contributed by atoms with van der Waals surface area (Å²) in [5.41, 5.74) is 5.42. The smallest absolute Gasteiger partial charge is 0.243 e. The molecule has 0 aliphatic rings. The lowest BCUT2D eigenvalue weighted by atomic mass is 9.88. The molecule has 114 valence electrons. The molecule has 0 radical (unpaired) electrons. The second kappa shape index (κ2) is 5.79. The van der Waals surface area contributed by atoms with E-state index in [4.69, 9.17) is 5.73 Å². The second-order valence-corrected chi connectivity index (χ2v) is 8.02. The molecule has 0 amide bonds. The van der Waals surface area contributed by atoms with Gasteiger partial charge in [0.25, 0.3) is 0 Å². The summed E-state index contributed by atoms with van der Waals surface area (Å²) >= 11 is 0. The van der Waals surface area contributed by atoms with Gasteiger partial charge < -0.3 is 5.73 Å². The van der Waals surface area contributed by atoms with Crippen LogP contribution in [0.1, 0.15) is 33.3 Å². The normalized spacial score (nSPS) is 14.6. The fourth-order valence-electron chi connectivity index (χ4n) is 1.79. The van der Waals surface area contributed by atoms with Crippen LogP contribution in [0, 0.1) is 11.2 Å². The summed E-state index contributed by atoms with van der Waals surface area (Å²) in [6.45, 7) is 7.73. The Hall–Kier alpha value is -0.980. The molecule has 0 saturated carbocycles. The average molecular weight is 302 g/mol. The minimum Gasteiger partial charge on any atom is -0.326 e. The number of benzene rings is 1. The fourth-order valence-corrected chi connectivity index (χ4v) is 3.38. The molecule has 0 heterocycles. The maximum absolute atomic E-state index is 13.4. The predicted octanol–water partition coefficient (Wildman–Crippen LogP) is 2.34. The van der Waals surface area contributed by atoms with Crippen LogP contribution < -0.4 is 5.73 Å². The van der Waals surface area contributed by atoms with Crippen molar-refractivity contribution in [3.05, 3.63) is 29.6 Å². The minimum absolute atomic E-state index is 0.0340. The number of hydrogen-bond donors (Lipinski definition) is 1. The molecule has 20 heavy (non-hydrogen) atoms. The molecule has 1 aromatic carbocycles. The molecule has 1 unspecified atom stereocenters. The summed E-state index contributed by atoms with van der Waals surface area (Å²) in [4.78, 5) is 0.0675. The highest BCUT2D eigenvalue weighted by Crippen LogP contribution is 2.28. The molecule has 0 spiro atoms. The lowest BCUT2D eigenvalue weighted by Gasteiger charge is -2.34. The van der Waals surface area contributed by atoms with Gasteiger partial charge in [0.1, 0.15) is 5.82 Å². The van der Waals surface area contributed by atoms with E-state index in [2.05, 4.69) is 0 Å². The maximum atomic E-state index is 13.4. The zero-order valence-electron chi connectivity index (χ0n) is 12.6. The quantitative estimate of drug-likeness (QED) is 0.928. The lowest BCUT2D eigenvalue weighted by Crippen LogP contribution is -2.42. The highest BCUT2D eigenvalue weighted by atomic mass is 32.2. The first-order valence-corrected chi connectivity index (χ1v) is 7.92. The van der Waals surface area contributed by atoms with E-state index in [0.29, 0.717) is 0 Å². The number of hydrogen-bond acceptors (Lipinski definition) is 3. The molecular weight excluding hydrogens is 279 g/mol. The molecule has 0 aromatic heterocycles. The Bertz CT molecular complexity index is 579. The maximum Gasteiger partial charge on any atom is 0.243 e. The van der Waals surface area contributed by atoms with Crippen LogP contribution in [0.25, 0.3) is 0 Å². The van der Waals surface area contributed by atoms with Crippen molar-refractivity contribution in [1.82, 2.24) is 4.31 Å². The van der Waals surface area contributed by atoms with Crippen molar-refractivity contribution in [2.24, 2.45) is 11.1 Å². The topological polar surface area (TPSA) is 63.4 Å². The van der Waals surface area contributed by atoms with Gasteiger partial charge in [-0.15, -0.1) is 0 Å². The van der Waals surface area contributed by atoms with Crippen LogP contribution in [-0.2, 0) is 16.6 Å². The standard InChI is InChI=1S/C14H23FN2O2S/c1-10(14(2,3)4)17(5)20(18,19)12-6-7-13(15)11(8-12)9-16/h6-8,10H,9,16H2,1-5H3. The van der Waals surface area contributed by atoms with E-state index in [1.807, 2.05) is 27.7 Å². The van der Waals surface area contributed by atoms with Crippen LogP contribution in [0.3, 0.4) is 0 Å². The first kappa shape index (κ1) is 17.1. The van der Waals surface area contributed by atoms with E-state index >= 15 is 0 Å². The van der Waals surface area contributed by atoms with E-state index in [9.17, 15) is 12.8 Å². The van der Waals surface area contributed by atoms with Crippen molar-refractivity contribution >= 4 is 10.0 Å². The SMILES string of the molecule is CC(N(C)S(=O)(=O)c1ccc(F)c(CN)c1)C(C)(C)C. The predicted molar refractivity (Wildman–Crippen MR) is 78.2 cm³/mol. The Labute approximate surface area is 120 Å². The summed E-state index contributed by atoms with van der Waals surface area (Å²) < 4.78 is 39.9. The molecule has 0 saturated heterocycles. The van der Waals surface area contributed by atoms with Crippen molar-refractivity contribution in [1.29, 1.82) is 0 Å². The molecule has 4 nitrogen and oxygen atoms in total. The highest BCUT2D eigenvalue weighted by molar-refractivity contribution is 7.89. The van der Waals surface area contributed by atoms with Crippen LogP contribution in [-0.4, -0.2) is 25.8 Å². The Balaban J connectivity index is 3.23. The van der Waals surface area contributed by atoms with Crippen molar-refractivity contribution in [2.45, 2.75) is 45.2 Å². The summed E-state index contributed by atoms with van der Waals surface area (Å²) in [6, 6.07) is 3.52. The number of nitrogens with zero attached hydrogens (tertiary/aromatic N) is 1. The molecule has 0 bridgehead atoms. The minimum atomic E-state index is -3.66. The molecule has 1 rings (SSSR count). The van der Waals surface area contributed by atoms with Gasteiger partial charge in [-0.1, -0.05) is 20.8 Å².